The van der Waals surface area contributed by atoms with Crippen molar-refractivity contribution in [2.45, 2.75) is 33.7 Å². The third-order valence-electron chi connectivity index (χ3n) is 4.76. The third kappa shape index (κ3) is 2.01. The van der Waals surface area contributed by atoms with Gasteiger partial charge in [0.05, 0.1) is 4.92 Å². The van der Waals surface area contributed by atoms with Gasteiger partial charge in [-0.2, -0.15) is 0 Å². The second-order valence-electron chi connectivity index (χ2n) is 6.38. The summed E-state index contributed by atoms with van der Waals surface area (Å²) in [6.45, 7) is 8.24. The SMILES string of the molecule is CC1(C)C(NC(=O)c2cc(N)ccc2[N+](=O)[O-])C1(C)C. The highest BCUT2D eigenvalue weighted by Gasteiger charge is 2.65. The van der Waals surface area contributed by atoms with E-state index in [0.717, 1.165) is 0 Å². The molecule has 0 spiro atoms. The zero-order valence-electron chi connectivity index (χ0n) is 12.1. The molecular formula is C14H19N3O3. The Morgan fingerprint density at radius 2 is 1.85 bits per heavy atom. The fourth-order valence-corrected chi connectivity index (χ4v) is 2.66. The van der Waals surface area contributed by atoms with Crippen molar-refractivity contribution in [1.82, 2.24) is 5.32 Å². The highest BCUT2D eigenvalue weighted by Crippen LogP contribution is 2.62. The number of carbonyl (C=O) groups excluding carboxylic acids is 1. The van der Waals surface area contributed by atoms with Gasteiger partial charge in [0.2, 0.25) is 0 Å². The molecule has 20 heavy (non-hydrogen) atoms. The zero-order chi connectivity index (χ0) is 15.3. The van der Waals surface area contributed by atoms with Gasteiger partial charge in [-0.25, -0.2) is 0 Å². The van der Waals surface area contributed by atoms with Gasteiger partial charge < -0.3 is 11.1 Å². The zero-order valence-corrected chi connectivity index (χ0v) is 12.1. The predicted octanol–water partition coefficient (Wildman–Crippen LogP) is 2.34. The van der Waals surface area contributed by atoms with E-state index in [1.165, 1.54) is 18.2 Å². The lowest BCUT2D eigenvalue weighted by molar-refractivity contribution is -0.385. The molecular weight excluding hydrogens is 258 g/mol. The van der Waals surface area contributed by atoms with Gasteiger partial charge >= 0.3 is 0 Å². The molecule has 1 aromatic carbocycles. The Labute approximate surface area is 117 Å². The summed E-state index contributed by atoms with van der Waals surface area (Å²) >= 11 is 0. The summed E-state index contributed by atoms with van der Waals surface area (Å²) in [5.74, 6) is -0.451. The summed E-state index contributed by atoms with van der Waals surface area (Å²) < 4.78 is 0. The van der Waals surface area contributed by atoms with Gasteiger partial charge in [-0.1, -0.05) is 27.7 Å². The number of nitrogens with zero attached hydrogens (tertiary/aromatic N) is 1. The fourth-order valence-electron chi connectivity index (χ4n) is 2.66. The first kappa shape index (κ1) is 14.3. The van der Waals surface area contributed by atoms with Gasteiger partial charge in [0.25, 0.3) is 11.6 Å². The molecule has 0 saturated heterocycles. The van der Waals surface area contributed by atoms with Crippen LogP contribution < -0.4 is 11.1 Å². The van der Waals surface area contributed by atoms with Crippen molar-refractivity contribution >= 4 is 17.3 Å². The van der Waals surface area contributed by atoms with Gasteiger partial charge in [0, 0.05) is 17.8 Å². The average Bonchev–Trinajstić information content (AvgIpc) is 2.71. The molecule has 6 nitrogen and oxygen atoms in total. The Balaban J connectivity index is 2.27. The minimum atomic E-state index is -0.572. The van der Waals surface area contributed by atoms with E-state index >= 15 is 0 Å². The van der Waals surface area contributed by atoms with Crippen molar-refractivity contribution in [3.05, 3.63) is 33.9 Å². The highest BCUT2D eigenvalue weighted by molar-refractivity contribution is 5.99. The topological polar surface area (TPSA) is 98.3 Å². The molecule has 0 aromatic heterocycles. The van der Waals surface area contributed by atoms with Crippen LogP contribution in [-0.2, 0) is 0 Å². The molecule has 1 saturated carbocycles. The molecule has 6 heteroatoms. The van der Waals surface area contributed by atoms with Gasteiger partial charge in [-0.3, -0.25) is 14.9 Å². The molecule has 0 unspecified atom stereocenters. The number of amides is 1. The van der Waals surface area contributed by atoms with E-state index in [-0.39, 0.29) is 28.1 Å². The lowest BCUT2D eigenvalue weighted by atomic mass is 10.0. The standard InChI is InChI=1S/C14H19N3O3/c1-13(2)12(14(13,3)4)16-11(18)9-7-8(15)5-6-10(9)17(19)20/h5-7,12H,15H2,1-4H3,(H,16,18). The Kier molecular flexibility index (Phi) is 3.00. The van der Waals surface area contributed by atoms with Crippen LogP contribution in [0.25, 0.3) is 0 Å². The molecule has 0 aliphatic heterocycles. The largest absolute Gasteiger partial charge is 0.399 e. The first-order chi connectivity index (χ1) is 9.09. The van der Waals surface area contributed by atoms with Crippen LogP contribution in [0.1, 0.15) is 38.1 Å². The van der Waals surface area contributed by atoms with Crippen molar-refractivity contribution in [2.75, 3.05) is 5.73 Å². The molecule has 108 valence electrons. The van der Waals surface area contributed by atoms with Crippen molar-refractivity contribution in [2.24, 2.45) is 10.8 Å². The molecule has 0 heterocycles. The first-order valence-corrected chi connectivity index (χ1v) is 6.44. The number of nitro groups is 1. The smallest absolute Gasteiger partial charge is 0.282 e. The summed E-state index contributed by atoms with van der Waals surface area (Å²) in [6.07, 6.45) is 0. The second kappa shape index (κ2) is 4.19. The number of hydrogen-bond donors (Lipinski definition) is 2. The summed E-state index contributed by atoms with van der Waals surface area (Å²) in [6, 6.07) is 4.01. The number of nitrogens with one attached hydrogen (secondary N) is 1. The monoisotopic (exact) mass is 277 g/mol. The van der Waals surface area contributed by atoms with Crippen LogP contribution in [0.3, 0.4) is 0 Å². The second-order valence-corrected chi connectivity index (χ2v) is 6.38. The van der Waals surface area contributed by atoms with Crippen molar-refractivity contribution in [3.63, 3.8) is 0 Å². The number of rotatable bonds is 3. The Hall–Kier alpha value is -2.11. The molecule has 3 N–H and O–H groups in total. The number of benzene rings is 1. The molecule has 1 amide bonds. The summed E-state index contributed by atoms with van der Waals surface area (Å²) in [5.41, 5.74) is 5.66. The molecule has 1 aliphatic carbocycles. The van der Waals surface area contributed by atoms with E-state index in [0.29, 0.717) is 5.69 Å². The number of nitro benzene ring substituents is 1. The van der Waals surface area contributed by atoms with Crippen LogP contribution in [0.15, 0.2) is 18.2 Å². The predicted molar refractivity (Wildman–Crippen MR) is 76.3 cm³/mol. The van der Waals surface area contributed by atoms with E-state index in [1.807, 2.05) is 0 Å². The van der Waals surface area contributed by atoms with Crippen LogP contribution in [0, 0.1) is 20.9 Å². The van der Waals surface area contributed by atoms with E-state index < -0.39 is 10.8 Å². The Morgan fingerprint density at radius 1 is 1.30 bits per heavy atom. The molecule has 2 rings (SSSR count). The minimum Gasteiger partial charge on any atom is -0.399 e. The van der Waals surface area contributed by atoms with E-state index in [2.05, 4.69) is 33.0 Å². The van der Waals surface area contributed by atoms with Gasteiger partial charge in [0.15, 0.2) is 0 Å². The molecule has 1 aliphatic rings. The summed E-state index contributed by atoms with van der Waals surface area (Å²) in [4.78, 5) is 22.7. The van der Waals surface area contributed by atoms with Crippen LogP contribution in [0.2, 0.25) is 0 Å². The maximum absolute atomic E-state index is 12.3. The average molecular weight is 277 g/mol. The van der Waals surface area contributed by atoms with Crippen molar-refractivity contribution < 1.29 is 9.72 Å². The van der Waals surface area contributed by atoms with Crippen molar-refractivity contribution in [3.8, 4) is 0 Å². The van der Waals surface area contributed by atoms with Gasteiger partial charge in [-0.05, 0) is 23.0 Å². The quantitative estimate of drug-likeness (QED) is 0.503. The highest BCUT2D eigenvalue weighted by atomic mass is 16.6. The maximum Gasteiger partial charge on any atom is 0.282 e. The normalized spacial score (nSPS) is 19.4. The van der Waals surface area contributed by atoms with Gasteiger partial charge in [-0.15, -0.1) is 0 Å². The summed E-state index contributed by atoms with van der Waals surface area (Å²) in [5, 5.41) is 13.9. The number of carbonyl (C=O) groups is 1. The molecule has 0 bridgehead atoms. The van der Waals surface area contributed by atoms with E-state index in [9.17, 15) is 14.9 Å². The van der Waals surface area contributed by atoms with Crippen LogP contribution in [0.4, 0.5) is 11.4 Å². The third-order valence-corrected chi connectivity index (χ3v) is 4.76. The molecule has 0 atom stereocenters. The first-order valence-electron chi connectivity index (χ1n) is 6.44. The minimum absolute atomic E-state index is 0.00787. The van der Waals surface area contributed by atoms with E-state index in [1.54, 1.807) is 0 Å². The molecule has 0 radical (unpaired) electrons. The van der Waals surface area contributed by atoms with Gasteiger partial charge in [0.1, 0.15) is 5.56 Å². The lowest BCUT2D eigenvalue weighted by Crippen LogP contribution is -2.30. The fraction of sp³-hybridized carbons (Fsp3) is 0.500. The molecule has 1 fully saturated rings. The van der Waals surface area contributed by atoms with Crippen LogP contribution in [0.5, 0.6) is 0 Å². The number of hydrogen-bond acceptors (Lipinski definition) is 4. The van der Waals surface area contributed by atoms with E-state index in [4.69, 9.17) is 5.73 Å². The maximum atomic E-state index is 12.3. The summed E-state index contributed by atoms with van der Waals surface area (Å²) in [7, 11) is 0. The Bertz CT molecular complexity index is 579. The van der Waals surface area contributed by atoms with Crippen LogP contribution >= 0.6 is 0 Å². The van der Waals surface area contributed by atoms with Crippen molar-refractivity contribution in [1.29, 1.82) is 0 Å². The Morgan fingerprint density at radius 3 is 2.30 bits per heavy atom. The number of nitrogens with two attached hydrogens (primary N) is 1. The van der Waals surface area contributed by atoms with Crippen LogP contribution in [-0.4, -0.2) is 16.9 Å². The number of anilines is 1. The lowest BCUT2D eigenvalue weighted by Gasteiger charge is -2.08. The molecule has 1 aromatic rings. The number of nitrogen functional groups attached to an aromatic ring is 1.